The molecule has 6 nitrogen and oxygen atoms in total. The number of rotatable bonds is 7. The molecule has 0 aliphatic carbocycles. The van der Waals surface area contributed by atoms with Crippen LogP contribution in [0.5, 0.6) is 0 Å². The van der Waals surface area contributed by atoms with E-state index in [4.69, 9.17) is 23.2 Å². The third kappa shape index (κ3) is 5.68. The van der Waals surface area contributed by atoms with Crippen molar-refractivity contribution < 1.29 is 13.2 Å². The summed E-state index contributed by atoms with van der Waals surface area (Å²) in [6.45, 7) is 3.23. The van der Waals surface area contributed by atoms with Crippen LogP contribution in [0.25, 0.3) is 0 Å². The summed E-state index contributed by atoms with van der Waals surface area (Å²) in [5.74, 6) is -0.609. The van der Waals surface area contributed by atoms with E-state index in [1.54, 1.807) is 25.1 Å². The van der Waals surface area contributed by atoms with Crippen LogP contribution in [0, 0.1) is 6.92 Å². The fourth-order valence-corrected chi connectivity index (χ4v) is 4.57. The molecule has 1 amide bonds. The second-order valence-corrected chi connectivity index (χ2v) is 9.70. The number of hydrogen-bond acceptors (Lipinski definition) is 4. The maximum atomic E-state index is 13.3. The molecule has 0 aliphatic heterocycles. The van der Waals surface area contributed by atoms with Crippen molar-refractivity contribution in [2.45, 2.75) is 18.7 Å². The fraction of sp³-hybridized carbons (Fsp3) is 0.130. The standard InChI is InChI=1S/C23H21Cl2N3O3S/c1-16-8-10-18(11-9-16)17(2)26-27-23(29)15-28(19-12-13-21(24)22(25)14-19)32(30,31)20-6-4-3-5-7-20/h3-14H,15H2,1-2H3,(H,27,29)/b26-17-. The van der Waals surface area contributed by atoms with Crippen molar-refractivity contribution in [3.8, 4) is 0 Å². The Balaban J connectivity index is 1.88. The molecule has 0 aliphatic rings. The number of amides is 1. The predicted octanol–water partition coefficient (Wildman–Crippen LogP) is 5.04. The summed E-state index contributed by atoms with van der Waals surface area (Å²) >= 11 is 12.1. The lowest BCUT2D eigenvalue weighted by atomic mass is 10.1. The minimum atomic E-state index is -4.05. The number of hydrogen-bond donors (Lipinski definition) is 1. The van der Waals surface area contributed by atoms with Crippen LogP contribution in [-0.2, 0) is 14.8 Å². The smallest absolute Gasteiger partial charge is 0.264 e. The second kappa shape index (κ2) is 10.2. The molecule has 0 saturated heterocycles. The van der Waals surface area contributed by atoms with Gasteiger partial charge in [0.05, 0.1) is 26.3 Å². The molecule has 0 atom stereocenters. The maximum absolute atomic E-state index is 13.3. The quantitative estimate of drug-likeness (QED) is 0.373. The Morgan fingerprint density at radius 1 is 0.969 bits per heavy atom. The highest BCUT2D eigenvalue weighted by Crippen LogP contribution is 2.30. The molecule has 0 aromatic heterocycles. The van der Waals surface area contributed by atoms with Crippen LogP contribution in [0.3, 0.4) is 0 Å². The van der Waals surface area contributed by atoms with Crippen LogP contribution in [-0.4, -0.2) is 26.6 Å². The van der Waals surface area contributed by atoms with Gasteiger partial charge in [0, 0.05) is 0 Å². The van der Waals surface area contributed by atoms with Gasteiger partial charge in [-0.2, -0.15) is 5.10 Å². The molecule has 0 saturated carbocycles. The van der Waals surface area contributed by atoms with Gasteiger partial charge in [-0.25, -0.2) is 13.8 Å². The number of anilines is 1. The van der Waals surface area contributed by atoms with Crippen molar-refractivity contribution in [3.05, 3.63) is 94.0 Å². The largest absolute Gasteiger partial charge is 0.271 e. The lowest BCUT2D eigenvalue weighted by Gasteiger charge is -2.24. The number of carbonyl (C=O) groups excluding carboxylic acids is 1. The summed E-state index contributed by atoms with van der Waals surface area (Å²) in [6.07, 6.45) is 0. The van der Waals surface area contributed by atoms with Gasteiger partial charge in [-0.1, -0.05) is 71.2 Å². The van der Waals surface area contributed by atoms with Crippen LogP contribution < -0.4 is 9.73 Å². The Morgan fingerprint density at radius 2 is 1.62 bits per heavy atom. The van der Waals surface area contributed by atoms with Crippen LogP contribution in [0.2, 0.25) is 10.0 Å². The molecule has 0 heterocycles. The molecule has 3 aromatic carbocycles. The predicted molar refractivity (Wildman–Crippen MR) is 129 cm³/mol. The third-order valence-corrected chi connectivity index (χ3v) is 7.15. The van der Waals surface area contributed by atoms with Gasteiger partial charge in [0.1, 0.15) is 6.54 Å². The minimum absolute atomic E-state index is 0.0400. The van der Waals surface area contributed by atoms with E-state index in [0.717, 1.165) is 15.4 Å². The molecule has 3 aromatic rings. The number of sulfonamides is 1. The third-order valence-electron chi connectivity index (χ3n) is 4.63. The number of halogens is 2. The normalized spacial score (nSPS) is 11.8. The molecule has 0 bridgehead atoms. The van der Waals surface area contributed by atoms with E-state index in [1.165, 1.54) is 30.3 Å². The molecule has 9 heteroatoms. The lowest BCUT2D eigenvalue weighted by Crippen LogP contribution is -2.39. The molecule has 0 fully saturated rings. The lowest BCUT2D eigenvalue weighted by molar-refractivity contribution is -0.119. The molecule has 166 valence electrons. The van der Waals surface area contributed by atoms with Crippen LogP contribution >= 0.6 is 23.2 Å². The van der Waals surface area contributed by atoms with Crippen LogP contribution in [0.15, 0.2) is 82.8 Å². The van der Waals surface area contributed by atoms with Crippen molar-refractivity contribution in [1.29, 1.82) is 0 Å². The summed E-state index contributed by atoms with van der Waals surface area (Å²) in [5.41, 5.74) is 5.17. The molecular formula is C23H21Cl2N3O3S. The van der Waals surface area contributed by atoms with Gasteiger partial charge in [0.15, 0.2) is 0 Å². The van der Waals surface area contributed by atoms with Gasteiger partial charge in [0.2, 0.25) is 0 Å². The Morgan fingerprint density at radius 3 is 2.25 bits per heavy atom. The van der Waals surface area contributed by atoms with Crippen molar-refractivity contribution in [2.24, 2.45) is 5.10 Å². The zero-order valence-electron chi connectivity index (χ0n) is 17.4. The van der Waals surface area contributed by atoms with Crippen LogP contribution in [0.4, 0.5) is 5.69 Å². The summed E-state index contributed by atoms with van der Waals surface area (Å²) in [6, 6.07) is 19.9. The van der Waals surface area contributed by atoms with E-state index < -0.39 is 22.5 Å². The topological polar surface area (TPSA) is 78.8 Å². The molecule has 0 spiro atoms. The monoisotopic (exact) mass is 489 g/mol. The van der Waals surface area contributed by atoms with E-state index in [1.807, 2.05) is 31.2 Å². The highest BCUT2D eigenvalue weighted by Gasteiger charge is 2.27. The summed E-state index contributed by atoms with van der Waals surface area (Å²) in [7, 11) is -4.05. The van der Waals surface area contributed by atoms with E-state index in [-0.39, 0.29) is 20.6 Å². The molecule has 3 rings (SSSR count). The Hall–Kier alpha value is -2.87. The number of nitrogens with one attached hydrogen (secondary N) is 1. The van der Waals surface area contributed by atoms with Crippen molar-refractivity contribution in [1.82, 2.24) is 5.43 Å². The Bertz CT molecular complexity index is 1250. The molecule has 32 heavy (non-hydrogen) atoms. The molecule has 0 radical (unpaired) electrons. The average Bonchev–Trinajstić information content (AvgIpc) is 2.78. The fourth-order valence-electron chi connectivity index (χ4n) is 2.85. The number of carbonyl (C=O) groups is 1. The maximum Gasteiger partial charge on any atom is 0.264 e. The SMILES string of the molecule is C/C(=N/NC(=O)CN(c1ccc(Cl)c(Cl)c1)S(=O)(=O)c1ccccc1)c1ccc(C)cc1. The highest BCUT2D eigenvalue weighted by atomic mass is 35.5. The zero-order chi connectivity index (χ0) is 23.3. The summed E-state index contributed by atoms with van der Waals surface area (Å²) in [4.78, 5) is 12.7. The first-order valence-electron chi connectivity index (χ1n) is 9.61. The molecule has 1 N–H and O–H groups in total. The van der Waals surface area contributed by atoms with Crippen molar-refractivity contribution in [2.75, 3.05) is 10.8 Å². The number of nitrogens with zero attached hydrogens (tertiary/aromatic N) is 2. The van der Waals surface area contributed by atoms with E-state index in [9.17, 15) is 13.2 Å². The highest BCUT2D eigenvalue weighted by molar-refractivity contribution is 7.92. The zero-order valence-corrected chi connectivity index (χ0v) is 19.7. The van der Waals surface area contributed by atoms with Gasteiger partial charge >= 0.3 is 0 Å². The van der Waals surface area contributed by atoms with Gasteiger partial charge in [-0.05, 0) is 49.7 Å². The first-order valence-corrected chi connectivity index (χ1v) is 11.8. The Kier molecular flexibility index (Phi) is 7.56. The average molecular weight is 490 g/mol. The summed E-state index contributed by atoms with van der Waals surface area (Å²) < 4.78 is 27.5. The Labute approximate surface area is 197 Å². The van der Waals surface area contributed by atoms with Crippen molar-refractivity contribution >= 4 is 50.5 Å². The van der Waals surface area contributed by atoms with E-state index in [0.29, 0.717) is 5.71 Å². The summed E-state index contributed by atoms with van der Waals surface area (Å²) in [5, 5.41) is 4.55. The first kappa shape index (κ1) is 23.8. The van der Waals surface area contributed by atoms with Gasteiger partial charge < -0.3 is 0 Å². The number of benzene rings is 3. The molecular weight excluding hydrogens is 469 g/mol. The first-order chi connectivity index (χ1) is 15.2. The van der Waals surface area contributed by atoms with E-state index in [2.05, 4.69) is 10.5 Å². The van der Waals surface area contributed by atoms with Gasteiger partial charge in [-0.3, -0.25) is 9.10 Å². The molecule has 0 unspecified atom stereocenters. The second-order valence-electron chi connectivity index (χ2n) is 7.02. The number of hydrazone groups is 1. The number of aryl methyl sites for hydroxylation is 1. The van der Waals surface area contributed by atoms with Crippen molar-refractivity contribution in [3.63, 3.8) is 0 Å². The van der Waals surface area contributed by atoms with Crippen LogP contribution in [0.1, 0.15) is 18.1 Å². The van der Waals surface area contributed by atoms with Gasteiger partial charge in [-0.15, -0.1) is 0 Å². The van der Waals surface area contributed by atoms with Gasteiger partial charge in [0.25, 0.3) is 15.9 Å². The van der Waals surface area contributed by atoms with E-state index >= 15 is 0 Å². The minimum Gasteiger partial charge on any atom is -0.271 e.